The van der Waals surface area contributed by atoms with Crippen LogP contribution in [-0.4, -0.2) is 178 Å². The molecule has 5 N–H and O–H groups in total. The third kappa shape index (κ3) is 11.7. The molecule has 3 aliphatic heterocycles. The molecule has 336 valence electrons. The van der Waals surface area contributed by atoms with Crippen LogP contribution in [0.5, 0.6) is 0 Å². The Bertz CT molecular complexity index is 1280. The van der Waals surface area contributed by atoms with Gasteiger partial charge in [-0.25, -0.2) is 0 Å². The minimum Gasteiger partial charge on any atom is -0.459 e. The lowest BCUT2D eigenvalue weighted by Gasteiger charge is -2.51. The summed E-state index contributed by atoms with van der Waals surface area (Å²) in [7, 11) is 7.05. The minimum atomic E-state index is -1.82. The van der Waals surface area contributed by atoms with E-state index >= 15 is 0 Å². The average molecular weight is 821 g/mol. The number of hydrogen-bond acceptors (Lipinski definition) is 15. The monoisotopic (exact) mass is 821 g/mol. The Balaban J connectivity index is 2.20. The van der Waals surface area contributed by atoms with Gasteiger partial charge in [-0.05, 0) is 109 Å². The second-order valence-electron chi connectivity index (χ2n) is 19.4. The largest absolute Gasteiger partial charge is 0.459 e. The molecule has 57 heavy (non-hydrogen) atoms. The van der Waals surface area contributed by atoms with Gasteiger partial charge in [-0.2, -0.15) is 0 Å². The number of rotatable bonds is 8. The third-order valence-electron chi connectivity index (χ3n) is 12.8. The number of cyclic esters (lactones) is 1. The van der Waals surface area contributed by atoms with Crippen molar-refractivity contribution in [1.29, 1.82) is 0 Å². The van der Waals surface area contributed by atoms with Crippen LogP contribution in [0.4, 0.5) is 0 Å². The van der Waals surface area contributed by atoms with E-state index in [9.17, 15) is 30.3 Å². The van der Waals surface area contributed by atoms with E-state index in [-0.39, 0.29) is 25.2 Å². The van der Waals surface area contributed by atoms with Gasteiger partial charge >= 0.3 is 5.97 Å². The molecule has 0 aromatic rings. The molecule has 3 fully saturated rings. The van der Waals surface area contributed by atoms with Crippen molar-refractivity contribution in [2.45, 2.75) is 211 Å². The maximum absolute atomic E-state index is 14.3. The summed E-state index contributed by atoms with van der Waals surface area (Å²) in [5.41, 5.74) is -5.00. The molecule has 3 saturated heterocycles. The molecule has 19 atom stereocenters. The fourth-order valence-electron chi connectivity index (χ4n) is 9.37. The van der Waals surface area contributed by atoms with E-state index in [2.05, 4.69) is 0 Å². The molecule has 0 amide bonds. The zero-order valence-corrected chi connectivity index (χ0v) is 38.0. The van der Waals surface area contributed by atoms with Crippen molar-refractivity contribution in [3.8, 4) is 0 Å². The standard InChI is InChI=1S/C42H80N2O13/c1-18-28-42(13,50)34(46)25(5)44(16)21-22(2)19-40(11,49)36(56-38-31(45)30(43(14)15)33(26(6)53-38)57-39(8,9)10)23(3)32(24(4)37(48)54-28)55-29-20-41(12,51-17)35(47)27(7)52-29/h22-36,38,45-47,49-50H,18-21H2,1-17H3/t22-,23+,24-,25-,26-,27+,28-,29+,30-,31-,32+,33-,34-,35+,36-,38+,40-,41-,42-/m1/s1. The number of likely N-dealkylation sites (N-methyl/N-ethyl adjacent to an activating group) is 2. The van der Waals surface area contributed by atoms with Crippen molar-refractivity contribution in [3.63, 3.8) is 0 Å². The van der Waals surface area contributed by atoms with Gasteiger partial charge in [0.05, 0.1) is 53.2 Å². The van der Waals surface area contributed by atoms with Crippen molar-refractivity contribution >= 4 is 5.97 Å². The minimum absolute atomic E-state index is 0.114. The van der Waals surface area contributed by atoms with E-state index in [0.29, 0.717) is 6.54 Å². The second-order valence-corrected chi connectivity index (χ2v) is 19.4. The molecule has 0 aromatic carbocycles. The number of nitrogens with zero attached hydrogens (tertiary/aromatic N) is 2. The number of aliphatic hydroxyl groups is 5. The van der Waals surface area contributed by atoms with Crippen LogP contribution in [0.1, 0.15) is 109 Å². The fraction of sp³-hybridized carbons (Fsp3) is 0.976. The summed E-state index contributed by atoms with van der Waals surface area (Å²) >= 11 is 0. The Morgan fingerprint density at radius 1 is 0.895 bits per heavy atom. The zero-order valence-electron chi connectivity index (χ0n) is 38.0. The summed E-state index contributed by atoms with van der Waals surface area (Å²) < 4.78 is 44.5. The SMILES string of the molecule is CC[C@H]1OC(=O)[C@H](C)[C@@H](O[C@H]2C[C@@](C)(OC)[C@@H](O)[C@H](C)O2)[C@H](C)[C@@H](O[C@@H]2O[C@H](C)[C@@H](OC(C)(C)C)[C@H](N(C)C)[C@H]2O)[C@](C)(O)C[C@@H](C)CN(C)[C@H](C)[C@@H](O)[C@]1(C)O. The van der Waals surface area contributed by atoms with Gasteiger partial charge in [-0.15, -0.1) is 0 Å². The summed E-state index contributed by atoms with van der Waals surface area (Å²) in [6.07, 6.45) is -10.1. The summed E-state index contributed by atoms with van der Waals surface area (Å²) in [4.78, 5) is 18.1. The molecule has 0 bridgehead atoms. The van der Waals surface area contributed by atoms with Crippen LogP contribution in [0.15, 0.2) is 0 Å². The Hall–Kier alpha value is -1.05. The first kappa shape index (κ1) is 50.3. The topological polar surface area (TPSA) is 189 Å². The Morgan fingerprint density at radius 3 is 2.02 bits per heavy atom. The summed E-state index contributed by atoms with van der Waals surface area (Å²) in [6.45, 7) is 23.8. The lowest BCUT2D eigenvalue weighted by molar-refractivity contribution is -0.334. The van der Waals surface area contributed by atoms with Gasteiger partial charge in [0, 0.05) is 32.0 Å². The first-order chi connectivity index (χ1) is 26.0. The predicted octanol–water partition coefficient (Wildman–Crippen LogP) is 2.69. The van der Waals surface area contributed by atoms with Crippen LogP contribution in [0.3, 0.4) is 0 Å². The number of hydrogen-bond donors (Lipinski definition) is 5. The van der Waals surface area contributed by atoms with E-state index in [1.807, 2.05) is 72.5 Å². The molecule has 3 aliphatic rings. The zero-order chi connectivity index (χ0) is 43.7. The summed E-state index contributed by atoms with van der Waals surface area (Å²) in [5, 5.41) is 59.0. The number of ether oxygens (including phenoxy) is 7. The number of esters is 1. The molecule has 0 spiro atoms. The predicted molar refractivity (Wildman–Crippen MR) is 214 cm³/mol. The highest BCUT2D eigenvalue weighted by atomic mass is 16.7. The van der Waals surface area contributed by atoms with Crippen molar-refractivity contribution in [2.75, 3.05) is 34.8 Å². The van der Waals surface area contributed by atoms with Gasteiger partial charge < -0.3 is 68.5 Å². The molecule has 15 nitrogen and oxygen atoms in total. The van der Waals surface area contributed by atoms with E-state index < -0.39 is 120 Å². The molecule has 0 aliphatic carbocycles. The maximum Gasteiger partial charge on any atom is 0.311 e. The van der Waals surface area contributed by atoms with Gasteiger partial charge in [0.25, 0.3) is 0 Å². The summed E-state index contributed by atoms with van der Waals surface area (Å²) in [6, 6.07) is -1.10. The highest BCUT2D eigenvalue weighted by Gasteiger charge is 2.54. The molecule has 3 heterocycles. The normalized spacial score (nSPS) is 47.9. The van der Waals surface area contributed by atoms with E-state index in [1.54, 1.807) is 41.5 Å². The number of aliphatic hydroxyl groups excluding tert-OH is 3. The van der Waals surface area contributed by atoms with E-state index in [1.165, 1.54) is 14.0 Å². The first-order valence-electron chi connectivity index (χ1n) is 20.9. The lowest BCUT2D eigenvalue weighted by atomic mass is 9.77. The maximum atomic E-state index is 14.3. The summed E-state index contributed by atoms with van der Waals surface area (Å²) in [5.74, 6) is -2.72. The molecule has 0 saturated carbocycles. The number of carbonyl (C=O) groups is 1. The van der Waals surface area contributed by atoms with E-state index in [0.717, 1.165) is 0 Å². The van der Waals surface area contributed by atoms with E-state index in [4.69, 9.17) is 33.2 Å². The van der Waals surface area contributed by atoms with Crippen molar-refractivity contribution in [1.82, 2.24) is 9.80 Å². The smallest absolute Gasteiger partial charge is 0.311 e. The van der Waals surface area contributed by atoms with Crippen LogP contribution in [0.25, 0.3) is 0 Å². The van der Waals surface area contributed by atoms with Crippen LogP contribution in [0, 0.1) is 17.8 Å². The van der Waals surface area contributed by atoms with Gasteiger partial charge in [-0.1, -0.05) is 20.8 Å². The highest BCUT2D eigenvalue weighted by molar-refractivity contribution is 5.73. The van der Waals surface area contributed by atoms with Gasteiger partial charge in [0.2, 0.25) is 0 Å². The molecular formula is C42H80N2O13. The van der Waals surface area contributed by atoms with Crippen LogP contribution >= 0.6 is 0 Å². The quantitative estimate of drug-likeness (QED) is 0.225. The first-order valence-corrected chi connectivity index (χ1v) is 20.9. The number of methoxy groups -OCH3 is 1. The fourth-order valence-corrected chi connectivity index (χ4v) is 9.37. The molecule has 0 aromatic heterocycles. The van der Waals surface area contributed by atoms with Gasteiger partial charge in [0.1, 0.15) is 36.1 Å². The van der Waals surface area contributed by atoms with Gasteiger partial charge in [-0.3, -0.25) is 4.79 Å². The second kappa shape index (κ2) is 19.3. The molecule has 0 unspecified atom stereocenters. The Morgan fingerprint density at radius 2 is 1.49 bits per heavy atom. The molecule has 3 rings (SSSR count). The van der Waals surface area contributed by atoms with Crippen molar-refractivity contribution < 1.29 is 63.5 Å². The van der Waals surface area contributed by atoms with Crippen LogP contribution < -0.4 is 0 Å². The average Bonchev–Trinajstić information content (AvgIpc) is 3.09. The Labute approximate surface area is 342 Å². The number of carbonyl (C=O) groups excluding carboxylic acids is 1. The van der Waals surface area contributed by atoms with Crippen molar-refractivity contribution in [3.05, 3.63) is 0 Å². The van der Waals surface area contributed by atoms with Crippen LogP contribution in [-0.2, 0) is 38.0 Å². The molecular weight excluding hydrogens is 740 g/mol. The third-order valence-corrected chi connectivity index (χ3v) is 12.8. The Kier molecular flexibility index (Phi) is 17.1. The lowest BCUT2D eigenvalue weighted by Crippen LogP contribution is -2.65. The van der Waals surface area contributed by atoms with Gasteiger partial charge in [0.15, 0.2) is 12.6 Å². The van der Waals surface area contributed by atoms with Crippen LogP contribution in [0.2, 0.25) is 0 Å². The highest BCUT2D eigenvalue weighted by Crippen LogP contribution is 2.40. The molecule has 0 radical (unpaired) electrons. The molecule has 15 heteroatoms. The van der Waals surface area contributed by atoms with Crippen molar-refractivity contribution in [2.24, 2.45) is 17.8 Å².